The largest absolute Gasteiger partial charge is 0.454 e. The van der Waals surface area contributed by atoms with Crippen LogP contribution in [0.5, 0.6) is 11.5 Å². The van der Waals surface area contributed by atoms with Crippen LogP contribution < -0.4 is 20.6 Å². The van der Waals surface area contributed by atoms with E-state index >= 15 is 0 Å². The van der Waals surface area contributed by atoms with Crippen LogP contribution in [0.25, 0.3) is 0 Å². The van der Waals surface area contributed by atoms with E-state index in [-0.39, 0.29) is 6.79 Å². The first-order valence-corrected chi connectivity index (χ1v) is 4.69. The van der Waals surface area contributed by atoms with Gasteiger partial charge in [-0.3, -0.25) is 9.59 Å². The minimum atomic E-state index is -1.09. The van der Waals surface area contributed by atoms with Crippen molar-refractivity contribution in [2.75, 3.05) is 6.79 Å². The summed E-state index contributed by atoms with van der Waals surface area (Å²) in [7, 11) is 0. The van der Waals surface area contributed by atoms with E-state index in [0.29, 0.717) is 17.1 Å². The molecule has 1 aliphatic rings. The van der Waals surface area contributed by atoms with Gasteiger partial charge in [-0.1, -0.05) is 0 Å². The Balaban J connectivity index is 2.02. The van der Waals surface area contributed by atoms with Crippen molar-refractivity contribution in [3.05, 3.63) is 23.8 Å². The molecule has 1 aromatic rings. The van der Waals surface area contributed by atoms with E-state index in [1.54, 1.807) is 18.2 Å². The molecule has 2 amide bonds. The molecule has 7 heteroatoms. The predicted octanol–water partition coefficient (Wildman–Crippen LogP) is -0.649. The second-order valence-corrected chi connectivity index (χ2v) is 3.18. The molecule has 0 saturated heterocycles. The van der Waals surface area contributed by atoms with Gasteiger partial charge in [-0.2, -0.15) is 5.10 Å². The Morgan fingerprint density at radius 3 is 2.88 bits per heavy atom. The molecule has 0 unspecified atom stereocenters. The Hall–Kier alpha value is -2.57. The summed E-state index contributed by atoms with van der Waals surface area (Å²) in [5.74, 6) is -0.798. The van der Waals surface area contributed by atoms with Gasteiger partial charge in [0.15, 0.2) is 11.5 Å². The van der Waals surface area contributed by atoms with Crippen molar-refractivity contribution in [1.29, 1.82) is 0 Å². The number of amides is 2. The zero-order valence-corrected chi connectivity index (χ0v) is 8.67. The van der Waals surface area contributed by atoms with E-state index in [9.17, 15) is 9.59 Å². The summed E-state index contributed by atoms with van der Waals surface area (Å²) in [6, 6.07) is 5.15. The number of fused-ring (bicyclic) bond motifs is 1. The highest BCUT2D eigenvalue weighted by atomic mass is 16.7. The van der Waals surface area contributed by atoms with Gasteiger partial charge in [0.25, 0.3) is 0 Å². The van der Waals surface area contributed by atoms with Crippen molar-refractivity contribution in [1.82, 2.24) is 5.43 Å². The Kier molecular flexibility index (Phi) is 2.91. The molecule has 1 heterocycles. The predicted molar refractivity (Wildman–Crippen MR) is 57.5 cm³/mol. The molecular formula is C10H9N3O4. The smallest absolute Gasteiger partial charge is 0.329 e. The maximum Gasteiger partial charge on any atom is 0.329 e. The third kappa shape index (κ3) is 2.51. The third-order valence-corrected chi connectivity index (χ3v) is 2.00. The SMILES string of the molecule is NC(=O)C(=O)N/N=C/c1ccc2c(c1)OCO2. The maximum atomic E-state index is 10.8. The Bertz CT molecular complexity index is 498. The number of hydrazone groups is 1. The van der Waals surface area contributed by atoms with Crippen LogP contribution in [0.15, 0.2) is 23.3 Å². The summed E-state index contributed by atoms with van der Waals surface area (Å²) in [5.41, 5.74) is 7.40. The van der Waals surface area contributed by atoms with Gasteiger partial charge in [0, 0.05) is 0 Å². The van der Waals surface area contributed by atoms with Crippen LogP contribution in [0.4, 0.5) is 0 Å². The molecule has 88 valence electrons. The average molecular weight is 235 g/mol. The van der Waals surface area contributed by atoms with Crippen molar-refractivity contribution >= 4 is 18.0 Å². The lowest BCUT2D eigenvalue weighted by Crippen LogP contribution is -2.32. The molecule has 2 rings (SSSR count). The van der Waals surface area contributed by atoms with Gasteiger partial charge in [0.1, 0.15) is 0 Å². The zero-order valence-electron chi connectivity index (χ0n) is 8.67. The molecule has 1 aliphatic heterocycles. The Morgan fingerprint density at radius 1 is 1.35 bits per heavy atom. The summed E-state index contributed by atoms with van der Waals surface area (Å²) < 4.78 is 10.3. The molecule has 17 heavy (non-hydrogen) atoms. The van der Waals surface area contributed by atoms with Gasteiger partial charge in [0.2, 0.25) is 6.79 Å². The molecule has 0 aliphatic carbocycles. The van der Waals surface area contributed by atoms with Crippen molar-refractivity contribution in [2.24, 2.45) is 10.8 Å². The van der Waals surface area contributed by atoms with Crippen LogP contribution in [-0.4, -0.2) is 24.8 Å². The number of benzene rings is 1. The number of carbonyl (C=O) groups excluding carboxylic acids is 2. The Labute approximate surface area is 96.2 Å². The molecule has 0 radical (unpaired) electrons. The second-order valence-electron chi connectivity index (χ2n) is 3.18. The molecule has 7 nitrogen and oxygen atoms in total. The minimum Gasteiger partial charge on any atom is -0.454 e. The van der Waals surface area contributed by atoms with Crippen LogP contribution in [0.1, 0.15) is 5.56 Å². The molecule has 0 spiro atoms. The topological polar surface area (TPSA) is 103 Å². The summed E-state index contributed by atoms with van der Waals surface area (Å²) >= 11 is 0. The first kappa shape index (κ1) is 10.9. The number of ether oxygens (including phenoxy) is 2. The number of rotatable bonds is 2. The molecule has 3 N–H and O–H groups in total. The summed E-state index contributed by atoms with van der Waals surface area (Å²) in [6.45, 7) is 0.189. The number of carbonyl (C=O) groups is 2. The van der Waals surface area contributed by atoms with Crippen molar-refractivity contribution < 1.29 is 19.1 Å². The highest BCUT2D eigenvalue weighted by Gasteiger charge is 2.12. The van der Waals surface area contributed by atoms with Crippen LogP contribution in [0.2, 0.25) is 0 Å². The molecule has 0 aromatic heterocycles. The summed E-state index contributed by atoms with van der Waals surface area (Å²) in [4.78, 5) is 21.2. The van der Waals surface area contributed by atoms with E-state index in [1.807, 2.05) is 5.43 Å². The number of primary amides is 1. The van der Waals surface area contributed by atoms with E-state index in [4.69, 9.17) is 15.2 Å². The van der Waals surface area contributed by atoms with Gasteiger partial charge in [0.05, 0.1) is 6.21 Å². The average Bonchev–Trinajstić information content (AvgIpc) is 2.75. The number of hydrogen-bond donors (Lipinski definition) is 2. The molecule has 0 fully saturated rings. The van der Waals surface area contributed by atoms with E-state index in [2.05, 4.69) is 5.10 Å². The van der Waals surface area contributed by atoms with E-state index in [1.165, 1.54) is 6.21 Å². The minimum absolute atomic E-state index is 0.189. The fourth-order valence-electron chi connectivity index (χ4n) is 1.21. The van der Waals surface area contributed by atoms with Gasteiger partial charge < -0.3 is 15.2 Å². The fraction of sp³-hybridized carbons (Fsp3) is 0.100. The fourth-order valence-corrected chi connectivity index (χ4v) is 1.21. The highest BCUT2D eigenvalue weighted by Crippen LogP contribution is 2.31. The second kappa shape index (κ2) is 4.52. The highest BCUT2D eigenvalue weighted by molar-refractivity contribution is 6.34. The molecule has 0 saturated carbocycles. The lowest BCUT2D eigenvalue weighted by molar-refractivity contribution is -0.137. The number of hydrogen-bond acceptors (Lipinski definition) is 5. The molecule has 0 bridgehead atoms. The van der Waals surface area contributed by atoms with Gasteiger partial charge in [-0.25, -0.2) is 5.43 Å². The standard InChI is InChI=1S/C10H9N3O4/c11-9(14)10(15)13-12-4-6-1-2-7-8(3-6)17-5-16-7/h1-4H,5H2,(H2,11,14)(H,13,15)/b12-4+. The monoisotopic (exact) mass is 235 g/mol. The van der Waals surface area contributed by atoms with E-state index < -0.39 is 11.8 Å². The zero-order chi connectivity index (χ0) is 12.3. The lowest BCUT2D eigenvalue weighted by atomic mass is 10.2. The first-order chi connectivity index (χ1) is 8.16. The summed E-state index contributed by atoms with van der Waals surface area (Å²) in [6.07, 6.45) is 1.36. The van der Waals surface area contributed by atoms with Crippen molar-refractivity contribution in [2.45, 2.75) is 0 Å². The molecule has 1 aromatic carbocycles. The van der Waals surface area contributed by atoms with Crippen molar-refractivity contribution in [3.8, 4) is 11.5 Å². The van der Waals surface area contributed by atoms with E-state index in [0.717, 1.165) is 0 Å². The number of nitrogens with two attached hydrogens (primary N) is 1. The third-order valence-electron chi connectivity index (χ3n) is 2.00. The lowest BCUT2D eigenvalue weighted by Gasteiger charge is -1.97. The van der Waals surface area contributed by atoms with Gasteiger partial charge >= 0.3 is 11.8 Å². The Morgan fingerprint density at radius 2 is 2.12 bits per heavy atom. The van der Waals surface area contributed by atoms with Gasteiger partial charge in [-0.15, -0.1) is 0 Å². The van der Waals surface area contributed by atoms with Gasteiger partial charge in [-0.05, 0) is 23.8 Å². The first-order valence-electron chi connectivity index (χ1n) is 4.69. The maximum absolute atomic E-state index is 10.8. The normalized spacial score (nSPS) is 12.7. The van der Waals surface area contributed by atoms with Crippen LogP contribution >= 0.6 is 0 Å². The van der Waals surface area contributed by atoms with Crippen LogP contribution in [-0.2, 0) is 9.59 Å². The quantitative estimate of drug-likeness (QED) is 0.404. The van der Waals surface area contributed by atoms with Crippen LogP contribution in [0.3, 0.4) is 0 Å². The molecular weight excluding hydrogens is 226 g/mol. The molecule has 0 atom stereocenters. The number of nitrogens with one attached hydrogen (secondary N) is 1. The van der Waals surface area contributed by atoms with Crippen LogP contribution in [0, 0.1) is 0 Å². The summed E-state index contributed by atoms with van der Waals surface area (Å²) in [5, 5.41) is 3.57. The van der Waals surface area contributed by atoms with Crippen molar-refractivity contribution in [3.63, 3.8) is 0 Å². The number of nitrogens with zero attached hydrogens (tertiary/aromatic N) is 1.